The zero-order valence-electron chi connectivity index (χ0n) is 12.1. The molecule has 4 heteroatoms. The van der Waals surface area contributed by atoms with Crippen molar-refractivity contribution in [3.63, 3.8) is 0 Å². The van der Waals surface area contributed by atoms with Crippen LogP contribution >= 0.6 is 0 Å². The number of carbonyl (C=O) groups is 1. The van der Waals surface area contributed by atoms with Gasteiger partial charge in [-0.1, -0.05) is 26.0 Å². The molecule has 0 fully saturated rings. The van der Waals surface area contributed by atoms with E-state index in [0.29, 0.717) is 5.56 Å². The topological polar surface area (TPSA) is 40.5 Å². The van der Waals surface area contributed by atoms with E-state index >= 15 is 0 Å². The first-order valence-electron chi connectivity index (χ1n) is 6.46. The molecule has 0 heterocycles. The molecule has 0 aromatic heterocycles. The van der Waals surface area contributed by atoms with Crippen LogP contribution in [0.5, 0.6) is 0 Å². The van der Waals surface area contributed by atoms with Gasteiger partial charge in [0.05, 0.1) is 0 Å². The third kappa shape index (κ3) is 3.53. The Labute approximate surface area is 114 Å². The Morgan fingerprint density at radius 3 is 2.32 bits per heavy atom. The summed E-state index contributed by atoms with van der Waals surface area (Å²) in [6.07, 6.45) is 0. The Bertz CT molecular complexity index is 459. The highest BCUT2D eigenvalue weighted by Crippen LogP contribution is 2.25. The van der Waals surface area contributed by atoms with Gasteiger partial charge in [-0.25, -0.2) is 4.39 Å². The summed E-state index contributed by atoms with van der Waals surface area (Å²) in [5.41, 5.74) is 1.50. The maximum atomic E-state index is 13.3. The minimum atomic E-state index is -0.830. The third-order valence-corrected chi connectivity index (χ3v) is 3.60. The SMILES string of the molecule is Cc1cc(C(C)N(C)C(C(=O)O)C(C)C)ccc1F. The summed E-state index contributed by atoms with van der Waals surface area (Å²) in [6, 6.07) is 4.28. The van der Waals surface area contributed by atoms with Crippen LogP contribution in [0, 0.1) is 18.7 Å². The van der Waals surface area contributed by atoms with Gasteiger partial charge in [0.15, 0.2) is 0 Å². The van der Waals surface area contributed by atoms with E-state index in [1.54, 1.807) is 26.1 Å². The van der Waals surface area contributed by atoms with Crippen LogP contribution < -0.4 is 0 Å². The molecule has 0 spiro atoms. The van der Waals surface area contributed by atoms with Crippen LogP contribution in [-0.2, 0) is 4.79 Å². The van der Waals surface area contributed by atoms with E-state index in [0.717, 1.165) is 5.56 Å². The van der Waals surface area contributed by atoms with Crippen LogP contribution in [0.1, 0.15) is 37.9 Å². The summed E-state index contributed by atoms with van der Waals surface area (Å²) in [5, 5.41) is 9.31. The summed E-state index contributed by atoms with van der Waals surface area (Å²) in [4.78, 5) is 13.2. The molecule has 106 valence electrons. The number of carboxylic acids is 1. The summed E-state index contributed by atoms with van der Waals surface area (Å²) in [6.45, 7) is 7.42. The molecule has 0 aliphatic carbocycles. The van der Waals surface area contributed by atoms with Gasteiger partial charge < -0.3 is 5.11 Å². The van der Waals surface area contributed by atoms with Crippen LogP contribution in [0.4, 0.5) is 4.39 Å². The molecule has 2 unspecified atom stereocenters. The molecule has 0 aliphatic heterocycles. The predicted molar refractivity (Wildman–Crippen MR) is 73.6 cm³/mol. The molecule has 3 nitrogen and oxygen atoms in total. The molecule has 1 rings (SSSR count). The first kappa shape index (κ1) is 15.6. The van der Waals surface area contributed by atoms with Gasteiger partial charge in [-0.15, -0.1) is 0 Å². The largest absolute Gasteiger partial charge is 0.480 e. The highest BCUT2D eigenvalue weighted by atomic mass is 19.1. The average molecular weight is 267 g/mol. The van der Waals surface area contributed by atoms with Crippen LogP contribution in [-0.4, -0.2) is 29.1 Å². The standard InChI is InChI=1S/C15H22FNO2/c1-9(2)14(15(18)19)17(5)11(4)12-6-7-13(16)10(3)8-12/h6-9,11,14H,1-5H3,(H,18,19). The molecule has 2 atom stereocenters. The van der Waals surface area contributed by atoms with Crippen molar-refractivity contribution in [1.29, 1.82) is 0 Å². The highest BCUT2D eigenvalue weighted by molar-refractivity contribution is 5.73. The molecule has 0 aliphatic rings. The lowest BCUT2D eigenvalue weighted by atomic mass is 9.98. The molecule has 1 aromatic carbocycles. The normalized spacial score (nSPS) is 14.7. The Hall–Kier alpha value is -1.42. The van der Waals surface area contributed by atoms with Gasteiger partial charge in [-0.3, -0.25) is 9.69 Å². The lowest BCUT2D eigenvalue weighted by Gasteiger charge is -2.33. The van der Waals surface area contributed by atoms with Gasteiger partial charge >= 0.3 is 5.97 Å². The van der Waals surface area contributed by atoms with E-state index in [2.05, 4.69) is 0 Å². The van der Waals surface area contributed by atoms with Gasteiger partial charge in [0, 0.05) is 6.04 Å². The Morgan fingerprint density at radius 1 is 1.32 bits per heavy atom. The minimum absolute atomic E-state index is 0.00601. The number of carboxylic acid groups (broad SMARTS) is 1. The van der Waals surface area contributed by atoms with Gasteiger partial charge in [0.2, 0.25) is 0 Å². The number of hydrogen-bond donors (Lipinski definition) is 1. The molecular weight excluding hydrogens is 245 g/mol. The second-order valence-corrected chi connectivity index (χ2v) is 5.38. The van der Waals surface area contributed by atoms with Crippen molar-refractivity contribution in [3.05, 3.63) is 35.1 Å². The summed E-state index contributed by atoms with van der Waals surface area (Å²) < 4.78 is 13.3. The molecule has 0 amide bonds. The van der Waals surface area contributed by atoms with Crippen LogP contribution in [0.25, 0.3) is 0 Å². The van der Waals surface area contributed by atoms with Gasteiger partial charge in [0.1, 0.15) is 11.9 Å². The minimum Gasteiger partial charge on any atom is -0.480 e. The van der Waals surface area contributed by atoms with Gasteiger partial charge in [-0.05, 0) is 44.0 Å². The molecule has 19 heavy (non-hydrogen) atoms. The van der Waals surface area contributed by atoms with Crippen LogP contribution in [0.3, 0.4) is 0 Å². The number of hydrogen-bond acceptors (Lipinski definition) is 2. The fourth-order valence-electron chi connectivity index (χ4n) is 2.33. The van der Waals surface area contributed by atoms with Crippen molar-refractivity contribution in [2.24, 2.45) is 5.92 Å². The number of aryl methyl sites for hydroxylation is 1. The zero-order chi connectivity index (χ0) is 14.7. The fraction of sp³-hybridized carbons (Fsp3) is 0.533. The lowest BCUT2D eigenvalue weighted by molar-refractivity contribution is -0.145. The van der Waals surface area contributed by atoms with Crippen LogP contribution in [0.15, 0.2) is 18.2 Å². The van der Waals surface area contributed by atoms with E-state index in [9.17, 15) is 14.3 Å². The average Bonchev–Trinajstić information content (AvgIpc) is 2.30. The van der Waals surface area contributed by atoms with E-state index < -0.39 is 12.0 Å². The van der Waals surface area contributed by atoms with Crippen molar-refractivity contribution in [3.8, 4) is 0 Å². The Morgan fingerprint density at radius 2 is 1.89 bits per heavy atom. The molecule has 0 saturated carbocycles. The highest BCUT2D eigenvalue weighted by Gasteiger charge is 2.29. The van der Waals surface area contributed by atoms with Crippen molar-refractivity contribution < 1.29 is 14.3 Å². The number of aliphatic carboxylic acids is 1. The predicted octanol–water partition coefficient (Wildman–Crippen LogP) is 3.24. The van der Waals surface area contributed by atoms with E-state index in [-0.39, 0.29) is 17.8 Å². The Balaban J connectivity index is 3.00. The molecule has 0 bridgehead atoms. The molecule has 1 N–H and O–H groups in total. The first-order valence-corrected chi connectivity index (χ1v) is 6.46. The quantitative estimate of drug-likeness (QED) is 0.890. The van der Waals surface area contributed by atoms with E-state index in [1.807, 2.05) is 25.7 Å². The van der Waals surface area contributed by atoms with Crippen molar-refractivity contribution in [2.75, 3.05) is 7.05 Å². The second kappa shape index (κ2) is 6.15. The van der Waals surface area contributed by atoms with Crippen LogP contribution in [0.2, 0.25) is 0 Å². The number of likely N-dealkylation sites (N-methyl/N-ethyl adjacent to an activating group) is 1. The molecular formula is C15H22FNO2. The molecule has 0 radical (unpaired) electrons. The van der Waals surface area contributed by atoms with Gasteiger partial charge in [-0.2, -0.15) is 0 Å². The summed E-state index contributed by atoms with van der Waals surface area (Å²) >= 11 is 0. The monoisotopic (exact) mass is 267 g/mol. The number of nitrogens with zero attached hydrogens (tertiary/aromatic N) is 1. The van der Waals surface area contributed by atoms with Crippen molar-refractivity contribution >= 4 is 5.97 Å². The number of halogens is 1. The first-order chi connectivity index (χ1) is 8.75. The smallest absolute Gasteiger partial charge is 0.321 e. The fourth-order valence-corrected chi connectivity index (χ4v) is 2.33. The zero-order valence-corrected chi connectivity index (χ0v) is 12.1. The maximum absolute atomic E-state index is 13.3. The van der Waals surface area contributed by atoms with Gasteiger partial charge in [0.25, 0.3) is 0 Å². The lowest BCUT2D eigenvalue weighted by Crippen LogP contribution is -2.43. The summed E-state index contributed by atoms with van der Waals surface area (Å²) in [5.74, 6) is -1.06. The number of benzene rings is 1. The van der Waals surface area contributed by atoms with E-state index in [4.69, 9.17) is 0 Å². The third-order valence-electron chi connectivity index (χ3n) is 3.60. The molecule has 1 aromatic rings. The molecule has 0 saturated heterocycles. The Kier molecular flexibility index (Phi) is 5.06. The van der Waals surface area contributed by atoms with Crippen molar-refractivity contribution in [1.82, 2.24) is 4.90 Å². The summed E-state index contributed by atoms with van der Waals surface area (Å²) in [7, 11) is 1.79. The number of rotatable bonds is 5. The van der Waals surface area contributed by atoms with Crippen molar-refractivity contribution in [2.45, 2.75) is 39.8 Å². The maximum Gasteiger partial charge on any atom is 0.321 e. The van der Waals surface area contributed by atoms with E-state index in [1.165, 1.54) is 6.07 Å². The second-order valence-electron chi connectivity index (χ2n) is 5.38.